The van der Waals surface area contributed by atoms with Crippen LogP contribution >= 0.6 is 0 Å². The fourth-order valence-corrected chi connectivity index (χ4v) is 16.2. The van der Waals surface area contributed by atoms with Gasteiger partial charge in [0.2, 0.25) is 0 Å². The molecule has 0 bridgehead atoms. The van der Waals surface area contributed by atoms with Crippen LogP contribution < -0.4 is 0 Å². The Morgan fingerprint density at radius 1 is 0.211 bits per heavy atom. The molecule has 0 N–H and O–H groups in total. The zero-order valence-corrected chi connectivity index (χ0v) is 52.0. The molecule has 0 atom stereocenters. The Bertz CT molecular complexity index is 5460. The first-order valence-corrected chi connectivity index (χ1v) is 32.1. The molecule has 90 heavy (non-hydrogen) atoms. The average molecular weight is 1150 g/mol. The molecule has 0 nitrogen and oxygen atoms in total. The molecule has 0 heteroatoms. The van der Waals surface area contributed by atoms with E-state index in [1.54, 1.807) is 0 Å². The number of fused-ring (bicyclic) bond motifs is 9. The summed E-state index contributed by atoms with van der Waals surface area (Å²) in [7, 11) is 0. The van der Waals surface area contributed by atoms with Crippen LogP contribution in [-0.2, 0) is 16.2 Å². The Morgan fingerprint density at radius 3 is 0.944 bits per heavy atom. The van der Waals surface area contributed by atoms with Gasteiger partial charge in [-0.15, -0.1) is 0 Å². The molecule has 18 rings (SSSR count). The Labute approximate surface area is 527 Å². The van der Waals surface area contributed by atoms with Crippen molar-refractivity contribution in [2.45, 2.75) is 64.7 Å². The third-order valence-corrected chi connectivity index (χ3v) is 21.2. The maximum Gasteiger partial charge on any atom is 0.0159 e. The zero-order valence-electron chi connectivity index (χ0n) is 52.0. The molecule has 0 spiro atoms. The second-order valence-electron chi connectivity index (χ2n) is 28.0. The van der Waals surface area contributed by atoms with Gasteiger partial charge >= 0.3 is 0 Å². The van der Waals surface area contributed by atoms with E-state index in [-0.39, 0.29) is 16.2 Å². The summed E-state index contributed by atoms with van der Waals surface area (Å²) in [4.78, 5) is 0. The SMILES string of the molecule is CC(C)(C)c1cc2ccc3ccc(-c4ccc(-c5ccc(-c6ccc(-c7ccc8c(c7)C(C)(C)c7cc(-c9ccc%10c(c9)C(C)(C)c9cc(-c%11ccc(-c%12ccc%13c%14c(cccc%12%14)-c%12ccccc%12-%13)cc%11)ccc9-%10)ccc7-8)cc6)cc5)cc4)c4ccc(c1)c2c34. The maximum atomic E-state index is 2.47. The molecule has 15 aromatic rings. The highest BCUT2D eigenvalue weighted by Gasteiger charge is 2.38. The second-order valence-corrected chi connectivity index (χ2v) is 28.0. The van der Waals surface area contributed by atoms with E-state index in [0.717, 1.165) is 0 Å². The molecule has 0 aromatic heterocycles. The van der Waals surface area contributed by atoms with Crippen molar-refractivity contribution in [2.75, 3.05) is 0 Å². The summed E-state index contributed by atoms with van der Waals surface area (Å²) >= 11 is 0. The van der Waals surface area contributed by atoms with E-state index in [0.29, 0.717) is 0 Å². The first-order valence-electron chi connectivity index (χ1n) is 32.1. The van der Waals surface area contributed by atoms with Crippen molar-refractivity contribution in [2.24, 2.45) is 0 Å². The van der Waals surface area contributed by atoms with Crippen molar-refractivity contribution in [3.8, 4) is 122 Å². The standard InChI is InChI=1S/C90H66/c1-88(2,3)68-47-66-32-31-61-33-39-69(79-44-38-67(48-68)85(66)86(61)79)59-27-23-56(24-28-59)54-17-15-53(16-18-54)55-19-21-57(22-20-55)62-34-40-73-75-42-36-64(51-83(75)89(4,5)81(73)49-62)65-37-43-76-74-41-35-63(50-82(74)90(6,7)84(76)52-65)58-25-29-60(30-26-58)70-45-46-80-72-12-9-8-11-71(72)78-14-10-13-77(70)87(78)80/h8-52H,1-7H3. The van der Waals surface area contributed by atoms with E-state index in [9.17, 15) is 0 Å². The minimum atomic E-state index is -0.164. The number of benzene rings is 15. The fraction of sp³-hybridized carbons (Fsp3) is 0.111. The predicted molar refractivity (Wildman–Crippen MR) is 384 cm³/mol. The molecule has 0 heterocycles. The summed E-state index contributed by atoms with van der Waals surface area (Å²) in [6, 6.07) is 104. The van der Waals surface area contributed by atoms with Crippen LogP contribution in [0.25, 0.3) is 165 Å². The van der Waals surface area contributed by atoms with Crippen molar-refractivity contribution < 1.29 is 0 Å². The van der Waals surface area contributed by atoms with E-state index in [1.807, 2.05) is 0 Å². The summed E-state index contributed by atoms with van der Waals surface area (Å²) in [6.07, 6.45) is 0. The summed E-state index contributed by atoms with van der Waals surface area (Å²) in [5.74, 6) is 0. The monoisotopic (exact) mass is 1150 g/mol. The molecule has 0 fully saturated rings. The lowest BCUT2D eigenvalue weighted by Gasteiger charge is -2.24. The Kier molecular flexibility index (Phi) is 11.2. The normalized spacial score (nSPS) is 13.9. The summed E-state index contributed by atoms with van der Waals surface area (Å²) < 4.78 is 0. The van der Waals surface area contributed by atoms with Gasteiger partial charge in [-0.3, -0.25) is 0 Å². The third kappa shape index (κ3) is 7.87. The van der Waals surface area contributed by atoms with E-state index in [2.05, 4.69) is 321 Å². The Balaban J connectivity index is 0.565. The largest absolute Gasteiger partial charge is 0.0616 e. The van der Waals surface area contributed by atoms with Gasteiger partial charge in [0.15, 0.2) is 0 Å². The van der Waals surface area contributed by atoms with Crippen LogP contribution in [0.2, 0.25) is 0 Å². The van der Waals surface area contributed by atoms with E-state index < -0.39 is 0 Å². The third-order valence-electron chi connectivity index (χ3n) is 21.2. The van der Waals surface area contributed by atoms with Gasteiger partial charge < -0.3 is 0 Å². The van der Waals surface area contributed by atoms with Gasteiger partial charge in [0.25, 0.3) is 0 Å². The van der Waals surface area contributed by atoms with Crippen LogP contribution in [0, 0.1) is 0 Å². The van der Waals surface area contributed by atoms with Crippen molar-refractivity contribution in [3.05, 3.63) is 301 Å². The summed E-state index contributed by atoms with van der Waals surface area (Å²) in [5.41, 5.74) is 34.8. The number of hydrogen-bond donors (Lipinski definition) is 0. The molecule has 3 aliphatic carbocycles. The highest BCUT2D eigenvalue weighted by molar-refractivity contribution is 6.26. The quantitative estimate of drug-likeness (QED) is 0.140. The predicted octanol–water partition coefficient (Wildman–Crippen LogP) is 25.0. The Hall–Kier alpha value is -10.4. The van der Waals surface area contributed by atoms with Crippen LogP contribution in [0.15, 0.2) is 273 Å². The van der Waals surface area contributed by atoms with Crippen molar-refractivity contribution in [1.29, 1.82) is 0 Å². The molecule has 0 unspecified atom stereocenters. The van der Waals surface area contributed by atoms with Crippen LogP contribution in [0.3, 0.4) is 0 Å². The summed E-state index contributed by atoms with van der Waals surface area (Å²) in [5, 5.41) is 10.7. The minimum Gasteiger partial charge on any atom is -0.0616 e. The molecular weight excluding hydrogens is 1080 g/mol. The fourth-order valence-electron chi connectivity index (χ4n) is 16.2. The Morgan fingerprint density at radius 2 is 0.511 bits per heavy atom. The smallest absolute Gasteiger partial charge is 0.0159 e. The van der Waals surface area contributed by atoms with E-state index >= 15 is 0 Å². The highest BCUT2D eigenvalue weighted by atomic mass is 14.4. The minimum absolute atomic E-state index is 0.0935. The van der Waals surface area contributed by atoms with Gasteiger partial charge in [0.05, 0.1) is 0 Å². The second kappa shape index (κ2) is 19.1. The van der Waals surface area contributed by atoms with Crippen LogP contribution in [0.5, 0.6) is 0 Å². The van der Waals surface area contributed by atoms with Gasteiger partial charge in [-0.05, 0) is 223 Å². The molecule has 15 aromatic carbocycles. The molecule has 0 amide bonds. The number of rotatable bonds is 7. The van der Waals surface area contributed by atoms with Crippen LogP contribution in [-0.4, -0.2) is 0 Å². The topological polar surface area (TPSA) is 0 Å². The van der Waals surface area contributed by atoms with E-state index in [4.69, 9.17) is 0 Å². The van der Waals surface area contributed by atoms with Gasteiger partial charge in [-0.2, -0.15) is 0 Å². The van der Waals surface area contributed by atoms with Crippen molar-refractivity contribution in [3.63, 3.8) is 0 Å². The molecule has 0 radical (unpaired) electrons. The van der Waals surface area contributed by atoms with Crippen LogP contribution in [0.4, 0.5) is 0 Å². The lowest BCUT2D eigenvalue weighted by Crippen LogP contribution is -2.15. The van der Waals surface area contributed by atoms with Gasteiger partial charge in [-0.1, -0.05) is 297 Å². The molecule has 0 aliphatic heterocycles. The molecular formula is C90H66. The van der Waals surface area contributed by atoms with E-state index in [1.165, 1.54) is 193 Å². The van der Waals surface area contributed by atoms with Crippen molar-refractivity contribution >= 4 is 43.1 Å². The highest BCUT2D eigenvalue weighted by Crippen LogP contribution is 2.55. The number of hydrogen-bond acceptors (Lipinski definition) is 0. The summed E-state index contributed by atoms with van der Waals surface area (Å²) in [6.45, 7) is 16.5. The first kappa shape index (κ1) is 52.7. The first-order chi connectivity index (χ1) is 43.7. The average Bonchev–Trinajstić information content (AvgIpc) is 1.16. The molecule has 0 saturated heterocycles. The lowest BCUT2D eigenvalue weighted by molar-refractivity contribution is 0.591. The zero-order chi connectivity index (χ0) is 60.5. The van der Waals surface area contributed by atoms with Gasteiger partial charge in [0.1, 0.15) is 0 Å². The van der Waals surface area contributed by atoms with Crippen LogP contribution in [0.1, 0.15) is 76.3 Å². The van der Waals surface area contributed by atoms with Gasteiger partial charge in [0, 0.05) is 10.8 Å². The molecule has 426 valence electrons. The van der Waals surface area contributed by atoms with Crippen molar-refractivity contribution in [1.82, 2.24) is 0 Å². The van der Waals surface area contributed by atoms with Gasteiger partial charge in [-0.25, -0.2) is 0 Å². The lowest BCUT2D eigenvalue weighted by atomic mass is 9.79. The molecule has 3 aliphatic rings. The maximum absolute atomic E-state index is 2.47. The molecule has 0 saturated carbocycles.